The summed E-state index contributed by atoms with van der Waals surface area (Å²) in [6.07, 6.45) is 3.09. The van der Waals surface area contributed by atoms with Gasteiger partial charge in [0.15, 0.2) is 0 Å². The molecular weight excluding hydrogens is 246 g/mol. The molecule has 1 N–H and O–H groups in total. The molecule has 0 aliphatic carbocycles. The molecule has 16 heavy (non-hydrogen) atoms. The molecule has 0 aliphatic heterocycles. The fraction of sp³-hybridized carbons (Fsp3) is 0.100. The number of carbonyl (C=O) groups is 1. The molecule has 1 amide bonds. The summed E-state index contributed by atoms with van der Waals surface area (Å²) in [4.78, 5) is 20.2. The maximum absolute atomic E-state index is 11.7. The van der Waals surface area contributed by atoms with Gasteiger partial charge >= 0.3 is 0 Å². The second-order valence-electron chi connectivity index (χ2n) is 3.06. The molecule has 0 radical (unpaired) electrons. The molecule has 0 bridgehead atoms. The lowest BCUT2D eigenvalue weighted by Crippen LogP contribution is -2.10. The van der Waals surface area contributed by atoms with Crippen LogP contribution in [-0.2, 0) is 0 Å². The SMILES string of the molecule is Cc1ncc(C(=O)Nc2ccnc(Cl)c2)s1. The monoisotopic (exact) mass is 253 g/mol. The van der Waals surface area contributed by atoms with Gasteiger partial charge in [0.25, 0.3) is 5.91 Å². The predicted octanol–water partition coefficient (Wildman–Crippen LogP) is 2.75. The molecule has 4 nitrogen and oxygen atoms in total. The van der Waals surface area contributed by atoms with Crippen LogP contribution in [-0.4, -0.2) is 15.9 Å². The van der Waals surface area contributed by atoms with Crippen molar-refractivity contribution in [3.63, 3.8) is 0 Å². The quantitative estimate of drug-likeness (QED) is 0.838. The summed E-state index contributed by atoms with van der Waals surface area (Å²) in [6, 6.07) is 3.27. The van der Waals surface area contributed by atoms with Gasteiger partial charge in [0.1, 0.15) is 10.0 Å². The number of rotatable bonds is 2. The predicted molar refractivity (Wildman–Crippen MR) is 64.1 cm³/mol. The van der Waals surface area contributed by atoms with Crippen LogP contribution >= 0.6 is 22.9 Å². The third kappa shape index (κ3) is 2.56. The van der Waals surface area contributed by atoms with Gasteiger partial charge in [-0.3, -0.25) is 4.79 Å². The van der Waals surface area contributed by atoms with Crippen LogP contribution in [0.3, 0.4) is 0 Å². The third-order valence-corrected chi connectivity index (χ3v) is 2.95. The summed E-state index contributed by atoms with van der Waals surface area (Å²) < 4.78 is 0. The van der Waals surface area contributed by atoms with Crippen molar-refractivity contribution in [3.8, 4) is 0 Å². The molecule has 0 aliphatic rings. The van der Waals surface area contributed by atoms with Crippen molar-refractivity contribution in [2.75, 3.05) is 5.32 Å². The number of carbonyl (C=O) groups excluding carboxylic acids is 1. The summed E-state index contributed by atoms with van der Waals surface area (Å²) in [5, 5.41) is 3.92. The molecule has 0 fully saturated rings. The largest absolute Gasteiger partial charge is 0.321 e. The number of aryl methyl sites for hydroxylation is 1. The zero-order chi connectivity index (χ0) is 11.5. The highest BCUT2D eigenvalue weighted by Gasteiger charge is 2.09. The van der Waals surface area contributed by atoms with E-state index in [4.69, 9.17) is 11.6 Å². The van der Waals surface area contributed by atoms with Gasteiger partial charge in [0.05, 0.1) is 11.2 Å². The van der Waals surface area contributed by atoms with Crippen LogP contribution in [0.2, 0.25) is 5.15 Å². The van der Waals surface area contributed by atoms with Crippen molar-refractivity contribution in [1.82, 2.24) is 9.97 Å². The van der Waals surface area contributed by atoms with Crippen molar-refractivity contribution in [2.45, 2.75) is 6.92 Å². The molecule has 82 valence electrons. The van der Waals surface area contributed by atoms with Gasteiger partial charge in [0, 0.05) is 11.9 Å². The minimum absolute atomic E-state index is 0.187. The molecule has 2 rings (SSSR count). The molecule has 0 atom stereocenters. The van der Waals surface area contributed by atoms with Crippen molar-refractivity contribution in [3.05, 3.63) is 39.6 Å². The van der Waals surface area contributed by atoms with E-state index in [9.17, 15) is 4.79 Å². The average Bonchev–Trinajstić information content (AvgIpc) is 2.65. The Bertz CT molecular complexity index is 526. The Labute approximate surface area is 101 Å². The summed E-state index contributed by atoms with van der Waals surface area (Å²) in [6.45, 7) is 1.85. The lowest BCUT2D eigenvalue weighted by Gasteiger charge is -2.02. The number of amides is 1. The van der Waals surface area contributed by atoms with Crippen molar-refractivity contribution >= 4 is 34.5 Å². The van der Waals surface area contributed by atoms with Gasteiger partial charge in [-0.15, -0.1) is 11.3 Å². The van der Waals surface area contributed by atoms with Crippen LogP contribution < -0.4 is 5.32 Å². The zero-order valence-electron chi connectivity index (χ0n) is 8.40. The first-order valence-electron chi connectivity index (χ1n) is 4.50. The molecule has 0 aromatic carbocycles. The van der Waals surface area contributed by atoms with Gasteiger partial charge in [-0.25, -0.2) is 9.97 Å². The highest BCUT2D eigenvalue weighted by atomic mass is 35.5. The molecule has 0 saturated carbocycles. The van der Waals surface area contributed by atoms with Gasteiger partial charge < -0.3 is 5.32 Å². The van der Waals surface area contributed by atoms with E-state index in [0.29, 0.717) is 15.7 Å². The van der Waals surface area contributed by atoms with E-state index in [-0.39, 0.29) is 5.91 Å². The maximum atomic E-state index is 11.7. The number of pyridine rings is 1. The Hall–Kier alpha value is -1.46. The molecule has 0 unspecified atom stereocenters. The lowest BCUT2D eigenvalue weighted by atomic mass is 10.4. The summed E-state index contributed by atoms with van der Waals surface area (Å²) in [5.74, 6) is -0.187. The van der Waals surface area contributed by atoms with E-state index in [0.717, 1.165) is 5.01 Å². The van der Waals surface area contributed by atoms with Crippen LogP contribution in [0.4, 0.5) is 5.69 Å². The van der Waals surface area contributed by atoms with Crippen LogP contribution in [0, 0.1) is 6.92 Å². The number of nitrogens with zero attached hydrogens (tertiary/aromatic N) is 2. The topological polar surface area (TPSA) is 54.9 Å². The zero-order valence-corrected chi connectivity index (χ0v) is 9.97. The lowest BCUT2D eigenvalue weighted by molar-refractivity contribution is 0.103. The van der Waals surface area contributed by atoms with Crippen LogP contribution in [0.15, 0.2) is 24.5 Å². The molecule has 0 saturated heterocycles. The minimum Gasteiger partial charge on any atom is -0.321 e. The van der Waals surface area contributed by atoms with E-state index in [1.54, 1.807) is 18.3 Å². The van der Waals surface area contributed by atoms with E-state index in [1.165, 1.54) is 17.5 Å². The van der Waals surface area contributed by atoms with E-state index >= 15 is 0 Å². The normalized spacial score (nSPS) is 10.1. The molecule has 0 spiro atoms. The van der Waals surface area contributed by atoms with E-state index in [2.05, 4.69) is 15.3 Å². The molecule has 2 heterocycles. The number of nitrogens with one attached hydrogen (secondary N) is 1. The number of anilines is 1. The smallest absolute Gasteiger partial charge is 0.267 e. The maximum Gasteiger partial charge on any atom is 0.267 e. The summed E-state index contributed by atoms with van der Waals surface area (Å²) >= 11 is 7.05. The Kier molecular flexibility index (Phi) is 3.17. The molecular formula is C10H8ClN3OS. The molecule has 2 aromatic heterocycles. The Morgan fingerprint density at radius 3 is 2.94 bits per heavy atom. The first kappa shape index (κ1) is 11.0. The first-order valence-corrected chi connectivity index (χ1v) is 5.70. The van der Waals surface area contributed by atoms with E-state index < -0.39 is 0 Å². The van der Waals surface area contributed by atoms with Crippen molar-refractivity contribution in [1.29, 1.82) is 0 Å². The Morgan fingerprint density at radius 1 is 1.50 bits per heavy atom. The van der Waals surface area contributed by atoms with Gasteiger partial charge in [-0.05, 0) is 19.1 Å². The van der Waals surface area contributed by atoms with Crippen LogP contribution in [0.1, 0.15) is 14.7 Å². The van der Waals surface area contributed by atoms with Crippen molar-refractivity contribution < 1.29 is 4.79 Å². The Balaban J connectivity index is 2.13. The second-order valence-corrected chi connectivity index (χ2v) is 4.69. The molecule has 2 aromatic rings. The fourth-order valence-electron chi connectivity index (χ4n) is 1.14. The second kappa shape index (κ2) is 4.59. The number of hydrogen-bond acceptors (Lipinski definition) is 4. The Morgan fingerprint density at radius 2 is 2.31 bits per heavy atom. The van der Waals surface area contributed by atoms with Crippen molar-refractivity contribution in [2.24, 2.45) is 0 Å². The molecule has 6 heteroatoms. The standard InChI is InChI=1S/C10H8ClN3OS/c1-6-13-5-8(16-6)10(15)14-7-2-3-12-9(11)4-7/h2-5H,1H3,(H,12,14,15). The minimum atomic E-state index is -0.187. The van der Waals surface area contributed by atoms with Gasteiger partial charge in [-0.1, -0.05) is 11.6 Å². The summed E-state index contributed by atoms with van der Waals surface area (Å²) in [7, 11) is 0. The first-order chi connectivity index (χ1) is 7.65. The van der Waals surface area contributed by atoms with Gasteiger partial charge in [0.2, 0.25) is 0 Å². The summed E-state index contributed by atoms with van der Waals surface area (Å²) in [5.41, 5.74) is 0.621. The number of hydrogen-bond donors (Lipinski definition) is 1. The number of thiazole rings is 1. The fourth-order valence-corrected chi connectivity index (χ4v) is 1.99. The highest BCUT2D eigenvalue weighted by Crippen LogP contribution is 2.16. The number of halogens is 1. The van der Waals surface area contributed by atoms with Gasteiger partial charge in [-0.2, -0.15) is 0 Å². The number of aromatic nitrogens is 2. The van der Waals surface area contributed by atoms with Crippen LogP contribution in [0.5, 0.6) is 0 Å². The van der Waals surface area contributed by atoms with E-state index in [1.807, 2.05) is 6.92 Å². The van der Waals surface area contributed by atoms with Crippen LogP contribution in [0.25, 0.3) is 0 Å². The highest BCUT2D eigenvalue weighted by molar-refractivity contribution is 7.13. The third-order valence-electron chi connectivity index (χ3n) is 1.83. The average molecular weight is 254 g/mol.